The first-order valence-electron chi connectivity index (χ1n) is 6.69. The Balaban J connectivity index is 1.91. The second kappa shape index (κ2) is 4.08. The molecule has 0 radical (unpaired) electrons. The van der Waals surface area contributed by atoms with E-state index < -0.39 is 0 Å². The van der Waals surface area contributed by atoms with Crippen LogP contribution in [0.15, 0.2) is 0 Å². The van der Waals surface area contributed by atoms with E-state index in [9.17, 15) is 0 Å². The summed E-state index contributed by atoms with van der Waals surface area (Å²) in [4.78, 5) is 2.73. The molecule has 1 nitrogen and oxygen atoms in total. The van der Waals surface area contributed by atoms with Crippen molar-refractivity contribution in [1.82, 2.24) is 4.90 Å². The molecule has 0 aromatic rings. The maximum atomic E-state index is 2.73. The average molecular weight is 209 g/mol. The van der Waals surface area contributed by atoms with Crippen molar-refractivity contribution >= 4 is 0 Å². The van der Waals surface area contributed by atoms with E-state index in [1.165, 1.54) is 38.9 Å². The highest BCUT2D eigenvalue weighted by Crippen LogP contribution is 2.38. The fraction of sp³-hybridized carbons (Fsp3) is 1.00. The van der Waals surface area contributed by atoms with Crippen molar-refractivity contribution in [3.05, 3.63) is 0 Å². The predicted octanol–water partition coefficient (Wildman–Crippen LogP) is 3.40. The molecule has 2 unspecified atom stereocenters. The molecule has 0 spiro atoms. The summed E-state index contributed by atoms with van der Waals surface area (Å²) < 4.78 is 0. The van der Waals surface area contributed by atoms with E-state index in [0.717, 1.165) is 17.8 Å². The Hall–Kier alpha value is -0.0400. The molecule has 0 N–H and O–H groups in total. The van der Waals surface area contributed by atoms with Crippen molar-refractivity contribution in [1.29, 1.82) is 0 Å². The highest BCUT2D eigenvalue weighted by atomic mass is 15.1. The molecule has 1 saturated heterocycles. The van der Waals surface area contributed by atoms with E-state index in [4.69, 9.17) is 0 Å². The highest BCUT2D eigenvalue weighted by molar-refractivity contribution is 4.87. The van der Waals surface area contributed by atoms with Crippen LogP contribution in [0.5, 0.6) is 0 Å². The molecule has 2 fully saturated rings. The maximum absolute atomic E-state index is 2.73. The lowest BCUT2D eigenvalue weighted by atomic mass is 9.71. The van der Waals surface area contributed by atoms with Crippen LogP contribution in [0.3, 0.4) is 0 Å². The Kier molecular flexibility index (Phi) is 3.12. The molecule has 1 saturated carbocycles. The Labute approximate surface area is 95.2 Å². The van der Waals surface area contributed by atoms with Crippen LogP contribution in [0.4, 0.5) is 0 Å². The van der Waals surface area contributed by atoms with Crippen molar-refractivity contribution in [2.45, 2.75) is 47.0 Å². The lowest BCUT2D eigenvalue weighted by Gasteiger charge is -2.44. The summed E-state index contributed by atoms with van der Waals surface area (Å²) in [5.74, 6) is 2.87. The standard InChI is InChI=1S/C14H27N/c1-11-7-8-15(9-12-5-6-12)10-13(11)14(2,3)4/h11-13H,5-10H2,1-4H3. The lowest BCUT2D eigenvalue weighted by molar-refractivity contribution is 0.0517. The minimum Gasteiger partial charge on any atom is -0.303 e. The van der Waals surface area contributed by atoms with Gasteiger partial charge in [-0.3, -0.25) is 0 Å². The second-order valence-electron chi connectivity index (χ2n) is 6.94. The molecule has 0 bridgehead atoms. The Bertz CT molecular complexity index is 212. The lowest BCUT2D eigenvalue weighted by Crippen LogP contribution is -2.45. The normalized spacial score (nSPS) is 34.4. The van der Waals surface area contributed by atoms with Gasteiger partial charge in [-0.05, 0) is 49.0 Å². The highest BCUT2D eigenvalue weighted by Gasteiger charge is 2.36. The van der Waals surface area contributed by atoms with Gasteiger partial charge in [0.1, 0.15) is 0 Å². The van der Waals surface area contributed by atoms with Crippen LogP contribution < -0.4 is 0 Å². The van der Waals surface area contributed by atoms with Gasteiger partial charge in [0.2, 0.25) is 0 Å². The minimum atomic E-state index is 0.488. The fourth-order valence-electron chi connectivity index (χ4n) is 3.10. The summed E-state index contributed by atoms with van der Waals surface area (Å²) in [6.07, 6.45) is 4.40. The molecule has 1 aliphatic heterocycles. The van der Waals surface area contributed by atoms with E-state index >= 15 is 0 Å². The Morgan fingerprint density at radius 2 is 1.80 bits per heavy atom. The molecule has 0 amide bonds. The maximum Gasteiger partial charge on any atom is 0.00173 e. The molecule has 1 heterocycles. The molecule has 0 aromatic heterocycles. The first kappa shape index (κ1) is 11.4. The number of hydrogen-bond donors (Lipinski definition) is 0. The predicted molar refractivity (Wildman–Crippen MR) is 65.9 cm³/mol. The van der Waals surface area contributed by atoms with Gasteiger partial charge in [0.05, 0.1) is 0 Å². The summed E-state index contributed by atoms with van der Waals surface area (Å²) in [5, 5.41) is 0. The first-order valence-corrected chi connectivity index (χ1v) is 6.69. The smallest absolute Gasteiger partial charge is 0.00173 e. The van der Waals surface area contributed by atoms with Crippen molar-refractivity contribution in [2.75, 3.05) is 19.6 Å². The average Bonchev–Trinajstić information content (AvgIpc) is 2.90. The van der Waals surface area contributed by atoms with Gasteiger partial charge in [0.15, 0.2) is 0 Å². The largest absolute Gasteiger partial charge is 0.303 e. The zero-order chi connectivity index (χ0) is 11.1. The van der Waals surface area contributed by atoms with Crippen molar-refractivity contribution in [3.63, 3.8) is 0 Å². The number of nitrogens with zero attached hydrogens (tertiary/aromatic N) is 1. The molecule has 1 heteroatoms. The van der Waals surface area contributed by atoms with E-state index in [1.54, 1.807) is 0 Å². The minimum absolute atomic E-state index is 0.488. The quantitative estimate of drug-likeness (QED) is 0.674. The summed E-state index contributed by atoms with van der Waals surface area (Å²) in [7, 11) is 0. The van der Waals surface area contributed by atoms with Crippen molar-refractivity contribution < 1.29 is 0 Å². The Morgan fingerprint density at radius 3 is 2.33 bits per heavy atom. The van der Waals surface area contributed by atoms with Gasteiger partial charge in [-0.25, -0.2) is 0 Å². The van der Waals surface area contributed by atoms with Crippen LogP contribution in [0.1, 0.15) is 47.0 Å². The molecule has 2 atom stereocenters. The molecule has 2 aliphatic rings. The summed E-state index contributed by atoms with van der Waals surface area (Å²) in [5.41, 5.74) is 0.488. The van der Waals surface area contributed by atoms with E-state index in [2.05, 4.69) is 32.6 Å². The number of rotatable bonds is 2. The summed E-state index contributed by atoms with van der Waals surface area (Å²) >= 11 is 0. The number of piperidine rings is 1. The van der Waals surface area contributed by atoms with Gasteiger partial charge in [-0.15, -0.1) is 0 Å². The molecule has 0 aromatic carbocycles. The second-order valence-corrected chi connectivity index (χ2v) is 6.94. The number of likely N-dealkylation sites (tertiary alicyclic amines) is 1. The SMILES string of the molecule is CC1CCN(CC2CC2)CC1C(C)(C)C. The van der Waals surface area contributed by atoms with Crippen LogP contribution in [0.25, 0.3) is 0 Å². The molecular formula is C14H27N. The van der Waals surface area contributed by atoms with Crippen LogP contribution in [0, 0.1) is 23.2 Å². The fourth-order valence-corrected chi connectivity index (χ4v) is 3.10. The molecule has 1 aliphatic carbocycles. The van der Waals surface area contributed by atoms with E-state index in [0.29, 0.717) is 5.41 Å². The third-order valence-corrected chi connectivity index (χ3v) is 4.37. The zero-order valence-electron chi connectivity index (χ0n) is 10.9. The Morgan fingerprint density at radius 1 is 1.13 bits per heavy atom. The van der Waals surface area contributed by atoms with Gasteiger partial charge in [-0.1, -0.05) is 27.7 Å². The van der Waals surface area contributed by atoms with Crippen LogP contribution in [0.2, 0.25) is 0 Å². The summed E-state index contributed by atoms with van der Waals surface area (Å²) in [6.45, 7) is 13.8. The van der Waals surface area contributed by atoms with Gasteiger partial charge in [0, 0.05) is 13.1 Å². The van der Waals surface area contributed by atoms with Gasteiger partial charge < -0.3 is 4.90 Å². The topological polar surface area (TPSA) is 3.24 Å². The van der Waals surface area contributed by atoms with Crippen LogP contribution in [-0.2, 0) is 0 Å². The monoisotopic (exact) mass is 209 g/mol. The summed E-state index contributed by atoms with van der Waals surface area (Å²) in [6, 6.07) is 0. The van der Waals surface area contributed by atoms with Crippen molar-refractivity contribution in [2.24, 2.45) is 23.2 Å². The van der Waals surface area contributed by atoms with Gasteiger partial charge in [-0.2, -0.15) is 0 Å². The third-order valence-electron chi connectivity index (χ3n) is 4.37. The third kappa shape index (κ3) is 2.96. The first-order chi connectivity index (χ1) is 6.97. The molecule has 88 valence electrons. The number of hydrogen-bond acceptors (Lipinski definition) is 1. The van der Waals surface area contributed by atoms with E-state index in [1.807, 2.05) is 0 Å². The zero-order valence-corrected chi connectivity index (χ0v) is 10.9. The van der Waals surface area contributed by atoms with Crippen LogP contribution >= 0.6 is 0 Å². The molecule has 15 heavy (non-hydrogen) atoms. The molecular weight excluding hydrogens is 182 g/mol. The van der Waals surface area contributed by atoms with E-state index in [-0.39, 0.29) is 0 Å². The van der Waals surface area contributed by atoms with Crippen LogP contribution in [-0.4, -0.2) is 24.5 Å². The molecule has 2 rings (SSSR count). The van der Waals surface area contributed by atoms with Gasteiger partial charge in [0.25, 0.3) is 0 Å². The van der Waals surface area contributed by atoms with Crippen molar-refractivity contribution in [3.8, 4) is 0 Å². The van der Waals surface area contributed by atoms with Gasteiger partial charge >= 0.3 is 0 Å².